The number of likely N-dealkylation sites (tertiary alicyclic amines) is 1. The van der Waals surface area contributed by atoms with Crippen LogP contribution in [0.4, 0.5) is 0 Å². The van der Waals surface area contributed by atoms with Gasteiger partial charge in [0.1, 0.15) is 11.3 Å². The summed E-state index contributed by atoms with van der Waals surface area (Å²) >= 11 is 0. The molecule has 1 aromatic carbocycles. The van der Waals surface area contributed by atoms with Crippen LogP contribution in [0, 0.1) is 6.92 Å². The first-order chi connectivity index (χ1) is 9.45. The lowest BCUT2D eigenvalue weighted by atomic mass is 9.99. The monoisotopic (exact) mass is 277 g/mol. The number of aryl methyl sites for hydroxylation is 1. The van der Waals surface area contributed by atoms with Crippen LogP contribution >= 0.6 is 0 Å². The third-order valence-corrected chi connectivity index (χ3v) is 3.85. The lowest BCUT2D eigenvalue weighted by Crippen LogP contribution is -2.52. The molecule has 0 radical (unpaired) electrons. The van der Waals surface area contributed by atoms with E-state index in [0.29, 0.717) is 25.1 Å². The number of carbonyl (C=O) groups is 2. The van der Waals surface area contributed by atoms with Crippen molar-refractivity contribution < 1.29 is 19.4 Å². The summed E-state index contributed by atoms with van der Waals surface area (Å²) in [6.07, 6.45) is 1.19. The lowest BCUT2D eigenvalue weighted by molar-refractivity contribution is -0.156. The SMILES string of the molecule is Cc1ccccc1OCC(=O)N1CCCC1(C)C(=O)O. The Bertz CT molecular complexity index is 528. The second-order valence-corrected chi connectivity index (χ2v) is 5.28. The third-order valence-electron chi connectivity index (χ3n) is 3.85. The maximum absolute atomic E-state index is 12.2. The van der Waals surface area contributed by atoms with Gasteiger partial charge in [-0.25, -0.2) is 4.79 Å². The smallest absolute Gasteiger partial charge is 0.329 e. The molecule has 1 aromatic rings. The first-order valence-electron chi connectivity index (χ1n) is 6.67. The van der Waals surface area contributed by atoms with E-state index in [1.807, 2.05) is 25.1 Å². The van der Waals surface area contributed by atoms with Gasteiger partial charge in [0.05, 0.1) is 0 Å². The number of amides is 1. The summed E-state index contributed by atoms with van der Waals surface area (Å²) in [5, 5.41) is 9.29. The number of rotatable bonds is 4. The molecule has 1 aliphatic heterocycles. The Morgan fingerprint density at radius 2 is 2.10 bits per heavy atom. The molecule has 1 amide bonds. The minimum atomic E-state index is -1.10. The number of ether oxygens (including phenoxy) is 1. The Hall–Kier alpha value is -2.04. The van der Waals surface area contributed by atoms with Gasteiger partial charge >= 0.3 is 5.97 Å². The normalized spacial score (nSPS) is 21.8. The molecule has 1 N–H and O–H groups in total. The molecule has 1 heterocycles. The summed E-state index contributed by atoms with van der Waals surface area (Å²) in [6, 6.07) is 7.43. The molecule has 5 heteroatoms. The summed E-state index contributed by atoms with van der Waals surface area (Å²) in [5.41, 5.74) is -0.158. The molecule has 0 saturated carbocycles. The van der Waals surface area contributed by atoms with Crippen LogP contribution in [0.3, 0.4) is 0 Å². The lowest BCUT2D eigenvalue weighted by Gasteiger charge is -2.31. The number of carboxylic acid groups (broad SMARTS) is 1. The maximum Gasteiger partial charge on any atom is 0.329 e. The van der Waals surface area contributed by atoms with E-state index in [1.54, 1.807) is 13.0 Å². The van der Waals surface area contributed by atoms with Crippen LogP contribution in [0.15, 0.2) is 24.3 Å². The highest BCUT2D eigenvalue weighted by molar-refractivity contribution is 5.88. The molecule has 1 fully saturated rings. The third kappa shape index (κ3) is 2.61. The highest BCUT2D eigenvalue weighted by Gasteiger charge is 2.45. The van der Waals surface area contributed by atoms with Gasteiger partial charge in [0.2, 0.25) is 0 Å². The van der Waals surface area contributed by atoms with Crippen LogP contribution in [-0.4, -0.2) is 40.6 Å². The zero-order valence-corrected chi connectivity index (χ0v) is 11.8. The minimum Gasteiger partial charge on any atom is -0.484 e. The predicted molar refractivity (Wildman–Crippen MR) is 73.7 cm³/mol. The van der Waals surface area contributed by atoms with Crippen molar-refractivity contribution in [3.63, 3.8) is 0 Å². The molecule has 0 spiro atoms. The van der Waals surface area contributed by atoms with Gasteiger partial charge in [-0.05, 0) is 38.3 Å². The van der Waals surface area contributed by atoms with E-state index in [2.05, 4.69) is 0 Å². The highest BCUT2D eigenvalue weighted by atomic mass is 16.5. The van der Waals surface area contributed by atoms with Crippen LogP contribution in [0.2, 0.25) is 0 Å². The Balaban J connectivity index is 2.02. The largest absolute Gasteiger partial charge is 0.484 e. The highest BCUT2D eigenvalue weighted by Crippen LogP contribution is 2.29. The second kappa shape index (κ2) is 5.53. The van der Waals surface area contributed by atoms with Gasteiger partial charge in [0.15, 0.2) is 6.61 Å². The van der Waals surface area contributed by atoms with E-state index >= 15 is 0 Å². The topological polar surface area (TPSA) is 66.8 Å². The molecule has 1 aliphatic rings. The zero-order chi connectivity index (χ0) is 14.8. The Kier molecular flexibility index (Phi) is 3.97. The van der Waals surface area contributed by atoms with E-state index in [9.17, 15) is 14.7 Å². The van der Waals surface area contributed by atoms with E-state index < -0.39 is 11.5 Å². The summed E-state index contributed by atoms with van der Waals surface area (Å²) in [7, 11) is 0. The van der Waals surface area contributed by atoms with Gasteiger partial charge in [0.25, 0.3) is 5.91 Å². The van der Waals surface area contributed by atoms with Crippen molar-refractivity contribution in [1.29, 1.82) is 0 Å². The predicted octanol–water partition coefficient (Wildman–Crippen LogP) is 1.84. The van der Waals surface area contributed by atoms with Gasteiger partial charge in [-0.1, -0.05) is 18.2 Å². The number of para-hydroxylation sites is 1. The van der Waals surface area contributed by atoms with Crippen molar-refractivity contribution in [3.8, 4) is 5.75 Å². The molecular formula is C15H19NO4. The molecule has 0 aromatic heterocycles. The molecule has 1 atom stereocenters. The number of benzene rings is 1. The van der Waals surface area contributed by atoms with Crippen molar-refractivity contribution in [1.82, 2.24) is 4.90 Å². The summed E-state index contributed by atoms with van der Waals surface area (Å²) in [4.78, 5) is 24.9. The van der Waals surface area contributed by atoms with Gasteiger partial charge in [0, 0.05) is 6.54 Å². The molecule has 20 heavy (non-hydrogen) atoms. The second-order valence-electron chi connectivity index (χ2n) is 5.28. The molecule has 0 bridgehead atoms. The fourth-order valence-corrected chi connectivity index (χ4v) is 2.52. The average molecular weight is 277 g/mol. The van der Waals surface area contributed by atoms with Crippen molar-refractivity contribution in [3.05, 3.63) is 29.8 Å². The van der Waals surface area contributed by atoms with Gasteiger partial charge < -0.3 is 14.7 Å². The van der Waals surface area contributed by atoms with Crippen molar-refractivity contribution in [2.45, 2.75) is 32.2 Å². The quantitative estimate of drug-likeness (QED) is 0.912. The van der Waals surface area contributed by atoms with Crippen LogP contribution < -0.4 is 4.74 Å². The average Bonchev–Trinajstić information content (AvgIpc) is 2.81. The van der Waals surface area contributed by atoms with Crippen molar-refractivity contribution in [2.24, 2.45) is 0 Å². The van der Waals surface area contributed by atoms with Crippen LogP contribution in [0.5, 0.6) is 5.75 Å². The van der Waals surface area contributed by atoms with E-state index in [0.717, 1.165) is 5.56 Å². The molecular weight excluding hydrogens is 258 g/mol. The van der Waals surface area contributed by atoms with E-state index in [-0.39, 0.29) is 12.5 Å². The van der Waals surface area contributed by atoms with Crippen LogP contribution in [0.1, 0.15) is 25.3 Å². The van der Waals surface area contributed by atoms with E-state index in [1.165, 1.54) is 4.90 Å². The molecule has 1 saturated heterocycles. The van der Waals surface area contributed by atoms with Crippen LogP contribution in [-0.2, 0) is 9.59 Å². The Morgan fingerprint density at radius 3 is 2.75 bits per heavy atom. The van der Waals surface area contributed by atoms with Gasteiger partial charge in [-0.15, -0.1) is 0 Å². The Morgan fingerprint density at radius 1 is 1.40 bits per heavy atom. The van der Waals surface area contributed by atoms with Crippen molar-refractivity contribution in [2.75, 3.05) is 13.2 Å². The van der Waals surface area contributed by atoms with Crippen molar-refractivity contribution >= 4 is 11.9 Å². The first kappa shape index (κ1) is 14.4. The number of carboxylic acids is 1. The number of carbonyl (C=O) groups excluding carboxylic acids is 1. The Labute approximate surface area is 118 Å². The fourth-order valence-electron chi connectivity index (χ4n) is 2.52. The minimum absolute atomic E-state index is 0.131. The maximum atomic E-state index is 12.2. The number of hydrogen-bond acceptors (Lipinski definition) is 3. The molecule has 1 unspecified atom stereocenters. The fraction of sp³-hybridized carbons (Fsp3) is 0.467. The van der Waals surface area contributed by atoms with E-state index in [4.69, 9.17) is 4.74 Å². The zero-order valence-electron chi connectivity index (χ0n) is 11.8. The summed E-state index contributed by atoms with van der Waals surface area (Å²) in [6.45, 7) is 3.83. The molecule has 2 rings (SSSR count). The number of aliphatic carboxylic acids is 1. The number of hydrogen-bond donors (Lipinski definition) is 1. The number of nitrogens with zero attached hydrogens (tertiary/aromatic N) is 1. The summed E-state index contributed by atoms with van der Waals surface area (Å²) < 4.78 is 5.50. The van der Waals surface area contributed by atoms with Crippen LogP contribution in [0.25, 0.3) is 0 Å². The van der Waals surface area contributed by atoms with Gasteiger partial charge in [-0.2, -0.15) is 0 Å². The molecule has 108 valence electrons. The standard InChI is InChI=1S/C15H19NO4/c1-11-6-3-4-7-12(11)20-10-13(17)16-9-5-8-15(16,2)14(18)19/h3-4,6-7H,5,8-10H2,1-2H3,(H,18,19). The molecule has 0 aliphatic carbocycles. The first-order valence-corrected chi connectivity index (χ1v) is 6.67. The summed E-state index contributed by atoms with van der Waals surface area (Å²) in [5.74, 6) is -0.591. The van der Waals surface area contributed by atoms with Gasteiger partial charge in [-0.3, -0.25) is 4.79 Å². The molecule has 5 nitrogen and oxygen atoms in total.